The van der Waals surface area contributed by atoms with Gasteiger partial charge in [-0.05, 0) is 12.5 Å². The fraction of sp³-hybridized carbons (Fsp3) is 0.111. The summed E-state index contributed by atoms with van der Waals surface area (Å²) in [7, 11) is 0. The summed E-state index contributed by atoms with van der Waals surface area (Å²) in [4.78, 5) is 0. The Labute approximate surface area is 89.0 Å². The molecule has 11 heavy (non-hydrogen) atoms. The second-order valence-corrected chi connectivity index (χ2v) is 2.31. The van der Waals surface area contributed by atoms with Gasteiger partial charge in [0.15, 0.2) is 0 Å². The third kappa shape index (κ3) is 3.10. The van der Waals surface area contributed by atoms with Crippen LogP contribution in [0.5, 0.6) is 5.75 Å². The maximum absolute atomic E-state index is 10.8. The molecular formula is C9H9NaO. The molecule has 52 valence electrons. The fourth-order valence-corrected chi connectivity index (χ4v) is 0.762. The molecule has 1 rings (SSSR count). The number of hydrogen-bond donors (Lipinski definition) is 0. The Morgan fingerprint density at radius 2 is 2.09 bits per heavy atom. The van der Waals surface area contributed by atoms with Crippen molar-refractivity contribution in [2.75, 3.05) is 0 Å². The van der Waals surface area contributed by atoms with E-state index in [1.807, 2.05) is 13.0 Å². The van der Waals surface area contributed by atoms with Crippen molar-refractivity contribution in [1.82, 2.24) is 0 Å². The minimum atomic E-state index is 0. The number of allylic oxidation sites excluding steroid dienone is 1. The van der Waals surface area contributed by atoms with E-state index >= 15 is 0 Å². The van der Waals surface area contributed by atoms with Crippen molar-refractivity contribution in [2.24, 2.45) is 0 Å². The fourth-order valence-electron chi connectivity index (χ4n) is 0.762. The molecule has 0 N–H and O–H groups in total. The molecule has 1 nitrogen and oxygen atoms in total. The molecule has 0 unspecified atom stereocenters. The molecule has 0 bridgehead atoms. The topological polar surface area (TPSA) is 23.1 Å². The van der Waals surface area contributed by atoms with E-state index in [2.05, 4.69) is 6.58 Å². The molecule has 0 radical (unpaired) electrons. The van der Waals surface area contributed by atoms with Crippen LogP contribution in [-0.4, -0.2) is 0 Å². The van der Waals surface area contributed by atoms with Crippen molar-refractivity contribution in [2.45, 2.75) is 6.92 Å². The van der Waals surface area contributed by atoms with Gasteiger partial charge in [-0.2, -0.15) is 0 Å². The summed E-state index contributed by atoms with van der Waals surface area (Å²) in [5, 5.41) is 10.8. The van der Waals surface area contributed by atoms with Crippen LogP contribution in [0.15, 0.2) is 30.8 Å². The summed E-state index contributed by atoms with van der Waals surface area (Å²) in [6.07, 6.45) is 0. The molecule has 0 saturated carbocycles. The first-order valence-electron chi connectivity index (χ1n) is 3.13. The molecule has 0 atom stereocenters. The maximum Gasteiger partial charge on any atom is 1.00 e. The van der Waals surface area contributed by atoms with Crippen molar-refractivity contribution in [3.63, 3.8) is 0 Å². The van der Waals surface area contributed by atoms with Gasteiger partial charge < -0.3 is 5.11 Å². The molecule has 2 heteroatoms. The molecule has 0 aliphatic carbocycles. The summed E-state index contributed by atoms with van der Waals surface area (Å²) in [5.41, 5.74) is 1.85. The van der Waals surface area contributed by atoms with E-state index in [9.17, 15) is 5.11 Å². The first kappa shape index (κ1) is 10.8. The number of rotatable bonds is 1. The van der Waals surface area contributed by atoms with Crippen LogP contribution in [0, 0.1) is 0 Å². The van der Waals surface area contributed by atoms with Gasteiger partial charge in [-0.3, -0.25) is 0 Å². The molecule has 1 aromatic carbocycles. The van der Waals surface area contributed by atoms with E-state index in [4.69, 9.17) is 0 Å². The maximum atomic E-state index is 10.8. The third-order valence-corrected chi connectivity index (χ3v) is 1.33. The number of benzene rings is 1. The van der Waals surface area contributed by atoms with Crippen molar-refractivity contribution in [3.05, 3.63) is 36.4 Å². The van der Waals surface area contributed by atoms with Crippen LogP contribution in [0.2, 0.25) is 0 Å². The van der Waals surface area contributed by atoms with E-state index in [1.165, 1.54) is 6.07 Å². The Hall–Kier alpha value is -0.240. The largest absolute Gasteiger partial charge is 1.00 e. The van der Waals surface area contributed by atoms with Crippen molar-refractivity contribution in [1.29, 1.82) is 0 Å². The van der Waals surface area contributed by atoms with Crippen LogP contribution in [0.4, 0.5) is 0 Å². The van der Waals surface area contributed by atoms with Gasteiger partial charge in [-0.15, -0.1) is 5.75 Å². The predicted octanol–water partition coefficient (Wildman–Crippen LogP) is -1.20. The van der Waals surface area contributed by atoms with Gasteiger partial charge in [0, 0.05) is 0 Å². The summed E-state index contributed by atoms with van der Waals surface area (Å²) in [5.74, 6) is 0.0421. The molecule has 0 amide bonds. The minimum absolute atomic E-state index is 0. The molecular weight excluding hydrogens is 147 g/mol. The first-order chi connectivity index (χ1) is 4.70. The van der Waals surface area contributed by atoms with Gasteiger partial charge in [0.05, 0.1) is 0 Å². The Morgan fingerprint density at radius 1 is 1.45 bits per heavy atom. The summed E-state index contributed by atoms with van der Waals surface area (Å²) < 4.78 is 0. The van der Waals surface area contributed by atoms with Crippen molar-refractivity contribution < 1.29 is 34.7 Å². The zero-order valence-electron chi connectivity index (χ0n) is 6.92. The Kier molecular flexibility index (Phi) is 4.50. The van der Waals surface area contributed by atoms with Gasteiger partial charge in [0.1, 0.15) is 0 Å². The molecule has 0 aliphatic heterocycles. The van der Waals surface area contributed by atoms with E-state index in [1.54, 1.807) is 12.1 Å². The van der Waals surface area contributed by atoms with E-state index in [0.29, 0.717) is 0 Å². The monoisotopic (exact) mass is 156 g/mol. The number of hydrogen-bond acceptors (Lipinski definition) is 1. The Bertz CT molecular complexity index is 255. The summed E-state index contributed by atoms with van der Waals surface area (Å²) in [6, 6.07) is 6.74. The van der Waals surface area contributed by atoms with E-state index < -0.39 is 0 Å². The van der Waals surface area contributed by atoms with E-state index in [-0.39, 0.29) is 35.3 Å². The second kappa shape index (κ2) is 4.60. The molecule has 0 heterocycles. The van der Waals surface area contributed by atoms with Gasteiger partial charge in [-0.25, -0.2) is 0 Å². The van der Waals surface area contributed by atoms with Gasteiger partial charge in [-0.1, -0.05) is 36.4 Å². The minimum Gasteiger partial charge on any atom is -0.872 e. The van der Waals surface area contributed by atoms with E-state index in [0.717, 1.165) is 11.1 Å². The van der Waals surface area contributed by atoms with Crippen LogP contribution in [0.1, 0.15) is 12.5 Å². The standard InChI is InChI=1S/C9H10O.Na/c1-7(2)8-4-3-5-9(10)6-8;/h3-6,10H,1H2,2H3;/q;+1/p-1. The molecule has 0 saturated heterocycles. The van der Waals surface area contributed by atoms with Crippen LogP contribution in [0.25, 0.3) is 5.57 Å². The van der Waals surface area contributed by atoms with Crippen molar-refractivity contribution in [3.8, 4) is 5.75 Å². The van der Waals surface area contributed by atoms with Crippen LogP contribution < -0.4 is 34.7 Å². The zero-order valence-corrected chi connectivity index (χ0v) is 8.92. The molecule has 0 fully saturated rings. The normalized spacial score (nSPS) is 8.45. The SMILES string of the molecule is C=C(C)c1cccc([O-])c1.[Na+]. The Morgan fingerprint density at radius 3 is 2.45 bits per heavy atom. The second-order valence-electron chi connectivity index (χ2n) is 2.31. The van der Waals surface area contributed by atoms with Gasteiger partial charge >= 0.3 is 29.6 Å². The molecule has 1 aromatic rings. The molecule has 0 aliphatic rings. The van der Waals surface area contributed by atoms with Gasteiger partial charge in [0.2, 0.25) is 0 Å². The average molecular weight is 156 g/mol. The first-order valence-corrected chi connectivity index (χ1v) is 3.13. The van der Waals surface area contributed by atoms with Crippen molar-refractivity contribution >= 4 is 5.57 Å². The van der Waals surface area contributed by atoms with Crippen LogP contribution >= 0.6 is 0 Å². The summed E-state index contributed by atoms with van der Waals surface area (Å²) >= 11 is 0. The Balaban J connectivity index is 0.000001000. The van der Waals surface area contributed by atoms with Gasteiger partial charge in [0.25, 0.3) is 0 Å². The molecule has 0 aromatic heterocycles. The zero-order chi connectivity index (χ0) is 7.56. The third-order valence-electron chi connectivity index (χ3n) is 1.33. The predicted molar refractivity (Wildman–Crippen MR) is 40.6 cm³/mol. The van der Waals surface area contributed by atoms with Crippen LogP contribution in [-0.2, 0) is 0 Å². The quantitative estimate of drug-likeness (QED) is 0.468. The molecule has 0 spiro atoms. The average Bonchev–Trinajstić information content (AvgIpc) is 1.88. The summed E-state index contributed by atoms with van der Waals surface area (Å²) in [6.45, 7) is 5.61. The van der Waals surface area contributed by atoms with Crippen LogP contribution in [0.3, 0.4) is 0 Å². The smallest absolute Gasteiger partial charge is 0.872 e.